The monoisotopic (exact) mass is 290 g/mol. The first-order valence-corrected chi connectivity index (χ1v) is 7.85. The van der Waals surface area contributed by atoms with Crippen molar-refractivity contribution in [3.63, 3.8) is 0 Å². The molecule has 1 rings (SSSR count). The molecule has 0 heterocycles. The quantitative estimate of drug-likeness (QED) is 0.754. The van der Waals surface area contributed by atoms with E-state index in [1.807, 2.05) is 43.3 Å². The highest BCUT2D eigenvalue weighted by atomic mass is 35.5. The summed E-state index contributed by atoms with van der Waals surface area (Å²) in [4.78, 5) is 2.00. The van der Waals surface area contributed by atoms with Crippen LogP contribution in [0.2, 0.25) is 0 Å². The van der Waals surface area contributed by atoms with Gasteiger partial charge in [0, 0.05) is 32.9 Å². The molecule has 0 aliphatic heterocycles. The van der Waals surface area contributed by atoms with Crippen molar-refractivity contribution in [1.29, 1.82) is 0 Å². The highest BCUT2D eigenvalue weighted by molar-refractivity contribution is 7.90. The number of hydrogen-bond donors (Lipinski definition) is 0. The SMILES string of the molecule is CCN(Cc1ccc(N(C)C)cc1)S(=O)(=O)CCl. The Morgan fingerprint density at radius 1 is 1.17 bits per heavy atom. The van der Waals surface area contributed by atoms with E-state index in [-0.39, 0.29) is 5.21 Å². The molecule has 0 fully saturated rings. The van der Waals surface area contributed by atoms with Crippen LogP contribution in [0.3, 0.4) is 0 Å². The van der Waals surface area contributed by atoms with Crippen molar-refractivity contribution in [2.24, 2.45) is 0 Å². The highest BCUT2D eigenvalue weighted by Crippen LogP contribution is 2.15. The Hall–Kier alpha value is -0.780. The van der Waals surface area contributed by atoms with Crippen LogP contribution < -0.4 is 4.90 Å². The summed E-state index contributed by atoms with van der Waals surface area (Å²) in [5.74, 6) is 0. The van der Waals surface area contributed by atoms with Crippen LogP contribution >= 0.6 is 11.6 Å². The molecule has 1 aromatic rings. The van der Waals surface area contributed by atoms with Gasteiger partial charge in [-0.1, -0.05) is 19.1 Å². The van der Waals surface area contributed by atoms with Crippen LogP contribution in [0.25, 0.3) is 0 Å². The molecule has 18 heavy (non-hydrogen) atoms. The zero-order valence-electron chi connectivity index (χ0n) is 10.9. The lowest BCUT2D eigenvalue weighted by Gasteiger charge is -2.19. The molecule has 0 aromatic heterocycles. The zero-order valence-corrected chi connectivity index (χ0v) is 12.5. The van der Waals surface area contributed by atoms with E-state index < -0.39 is 10.0 Å². The molecule has 102 valence electrons. The van der Waals surface area contributed by atoms with E-state index in [4.69, 9.17) is 11.6 Å². The molecule has 0 N–H and O–H groups in total. The third-order valence-electron chi connectivity index (χ3n) is 2.70. The number of alkyl halides is 1. The number of benzene rings is 1. The van der Waals surface area contributed by atoms with Crippen LogP contribution in [0.4, 0.5) is 5.69 Å². The van der Waals surface area contributed by atoms with E-state index in [1.165, 1.54) is 4.31 Å². The Morgan fingerprint density at radius 3 is 2.11 bits per heavy atom. The van der Waals surface area contributed by atoms with E-state index in [2.05, 4.69) is 0 Å². The lowest BCUT2D eigenvalue weighted by atomic mass is 10.2. The van der Waals surface area contributed by atoms with Crippen LogP contribution in [-0.2, 0) is 16.6 Å². The summed E-state index contributed by atoms with van der Waals surface area (Å²) in [5, 5.41) is -0.378. The van der Waals surface area contributed by atoms with Crippen LogP contribution in [0.15, 0.2) is 24.3 Å². The predicted molar refractivity (Wildman–Crippen MR) is 76.5 cm³/mol. The average molecular weight is 291 g/mol. The molecule has 6 heteroatoms. The van der Waals surface area contributed by atoms with Crippen molar-refractivity contribution in [3.8, 4) is 0 Å². The molecule has 0 saturated carbocycles. The van der Waals surface area contributed by atoms with Crippen LogP contribution in [0.5, 0.6) is 0 Å². The van der Waals surface area contributed by atoms with E-state index in [9.17, 15) is 8.42 Å². The normalized spacial score (nSPS) is 11.8. The molecule has 0 aliphatic carbocycles. The van der Waals surface area contributed by atoms with Crippen molar-refractivity contribution < 1.29 is 8.42 Å². The fraction of sp³-hybridized carbons (Fsp3) is 0.500. The maximum Gasteiger partial charge on any atom is 0.228 e. The van der Waals surface area contributed by atoms with Gasteiger partial charge in [-0.05, 0) is 17.7 Å². The molecule has 0 saturated heterocycles. The molecule has 0 radical (unpaired) electrons. The van der Waals surface area contributed by atoms with Gasteiger partial charge in [-0.15, -0.1) is 11.6 Å². The number of hydrogen-bond acceptors (Lipinski definition) is 3. The Balaban J connectivity index is 2.83. The summed E-state index contributed by atoms with van der Waals surface area (Å²) in [5.41, 5.74) is 2.04. The first-order valence-electron chi connectivity index (χ1n) is 5.70. The van der Waals surface area contributed by atoms with Gasteiger partial charge in [-0.2, -0.15) is 4.31 Å². The Kier molecular flexibility index (Phi) is 5.44. The molecule has 1 aromatic carbocycles. The highest BCUT2D eigenvalue weighted by Gasteiger charge is 2.19. The average Bonchev–Trinajstić information content (AvgIpc) is 2.36. The molecule has 0 aliphatic rings. The smallest absolute Gasteiger partial charge is 0.228 e. The Bertz CT molecular complexity index is 471. The largest absolute Gasteiger partial charge is 0.378 e. The summed E-state index contributed by atoms with van der Waals surface area (Å²) in [6.07, 6.45) is 0. The lowest BCUT2D eigenvalue weighted by molar-refractivity contribution is 0.427. The molecule has 0 amide bonds. The van der Waals surface area contributed by atoms with Crippen molar-refractivity contribution in [2.45, 2.75) is 13.5 Å². The second kappa shape index (κ2) is 6.41. The minimum Gasteiger partial charge on any atom is -0.378 e. The summed E-state index contributed by atoms with van der Waals surface area (Å²) >= 11 is 5.46. The predicted octanol–water partition coefficient (Wildman–Crippen LogP) is 2.10. The molecule has 0 spiro atoms. The first-order chi connectivity index (χ1) is 8.40. The maximum absolute atomic E-state index is 11.7. The number of halogens is 1. The van der Waals surface area contributed by atoms with Gasteiger partial charge in [0.15, 0.2) is 0 Å². The zero-order chi connectivity index (χ0) is 13.8. The molecule has 0 unspecified atom stereocenters. The molecule has 0 atom stereocenters. The number of rotatable bonds is 6. The minimum absolute atomic E-state index is 0.360. The second-order valence-corrected chi connectivity index (χ2v) is 6.76. The van der Waals surface area contributed by atoms with E-state index in [0.29, 0.717) is 13.1 Å². The number of anilines is 1. The second-order valence-electron chi connectivity index (χ2n) is 4.21. The van der Waals surface area contributed by atoms with Gasteiger partial charge in [0.1, 0.15) is 5.21 Å². The van der Waals surface area contributed by atoms with Gasteiger partial charge in [0.25, 0.3) is 0 Å². The summed E-state index contributed by atoms with van der Waals surface area (Å²) < 4.78 is 24.8. The van der Waals surface area contributed by atoms with E-state index >= 15 is 0 Å². The van der Waals surface area contributed by atoms with Gasteiger partial charge < -0.3 is 4.90 Å². The van der Waals surface area contributed by atoms with Gasteiger partial charge in [0.05, 0.1) is 0 Å². The molecule has 0 bridgehead atoms. The molecule has 4 nitrogen and oxygen atoms in total. The summed E-state index contributed by atoms with van der Waals surface area (Å²) in [6, 6.07) is 7.80. The fourth-order valence-corrected chi connectivity index (χ4v) is 2.87. The topological polar surface area (TPSA) is 40.6 Å². The standard InChI is InChI=1S/C12H19ClN2O2S/c1-4-15(18(16,17)10-13)9-11-5-7-12(8-6-11)14(2)3/h5-8H,4,9-10H2,1-3H3. The van der Waals surface area contributed by atoms with Gasteiger partial charge in [0.2, 0.25) is 10.0 Å². The van der Waals surface area contributed by atoms with E-state index in [0.717, 1.165) is 11.3 Å². The van der Waals surface area contributed by atoms with Gasteiger partial charge >= 0.3 is 0 Å². The van der Waals surface area contributed by atoms with Crippen LogP contribution in [0, 0.1) is 0 Å². The lowest BCUT2D eigenvalue weighted by Crippen LogP contribution is -2.31. The Labute approximate surface area is 114 Å². The number of nitrogens with zero attached hydrogens (tertiary/aromatic N) is 2. The van der Waals surface area contributed by atoms with Crippen LogP contribution in [-0.4, -0.2) is 38.6 Å². The molecular weight excluding hydrogens is 272 g/mol. The maximum atomic E-state index is 11.7. The van der Waals surface area contributed by atoms with Crippen LogP contribution in [0.1, 0.15) is 12.5 Å². The van der Waals surface area contributed by atoms with E-state index in [1.54, 1.807) is 6.92 Å². The molecular formula is C12H19ClN2O2S. The number of sulfonamides is 1. The van der Waals surface area contributed by atoms with Crippen molar-refractivity contribution in [2.75, 3.05) is 30.8 Å². The van der Waals surface area contributed by atoms with Crippen molar-refractivity contribution >= 4 is 27.3 Å². The third-order valence-corrected chi connectivity index (χ3v) is 4.97. The van der Waals surface area contributed by atoms with Gasteiger partial charge in [-0.3, -0.25) is 0 Å². The third kappa shape index (κ3) is 3.86. The minimum atomic E-state index is -3.35. The van der Waals surface area contributed by atoms with Gasteiger partial charge in [-0.25, -0.2) is 8.42 Å². The van der Waals surface area contributed by atoms with Crippen molar-refractivity contribution in [1.82, 2.24) is 4.31 Å². The Morgan fingerprint density at radius 2 is 1.72 bits per heavy atom. The van der Waals surface area contributed by atoms with Crippen molar-refractivity contribution in [3.05, 3.63) is 29.8 Å². The summed E-state index contributed by atoms with van der Waals surface area (Å²) in [6.45, 7) is 2.59. The first kappa shape index (κ1) is 15.3. The fourth-order valence-electron chi connectivity index (χ4n) is 1.58. The summed E-state index contributed by atoms with van der Waals surface area (Å²) in [7, 11) is 0.581.